The van der Waals surface area contributed by atoms with Crippen LogP contribution in [0.2, 0.25) is 0 Å². The molecule has 0 aliphatic carbocycles. The number of hydrogen-bond donors (Lipinski definition) is 2. The van der Waals surface area contributed by atoms with E-state index in [-0.39, 0.29) is 12.1 Å². The Bertz CT molecular complexity index is 975. The van der Waals surface area contributed by atoms with Crippen molar-refractivity contribution < 1.29 is 36.6 Å². The molecule has 1 aliphatic rings. The molecule has 2 N–H and O–H groups in total. The Hall–Kier alpha value is -3.01. The quantitative estimate of drug-likeness (QED) is 0.629. The molecule has 1 fully saturated rings. The molecule has 1 heterocycles. The third-order valence-corrected chi connectivity index (χ3v) is 5.35. The first kappa shape index (κ1) is 23.6. The van der Waals surface area contributed by atoms with Gasteiger partial charge < -0.3 is 10.4 Å². The van der Waals surface area contributed by atoms with Crippen molar-refractivity contribution in [3.63, 3.8) is 0 Å². The molecule has 1 saturated heterocycles. The Morgan fingerprint density at radius 1 is 1.12 bits per heavy atom. The van der Waals surface area contributed by atoms with Gasteiger partial charge in [0.1, 0.15) is 0 Å². The van der Waals surface area contributed by atoms with E-state index in [1.807, 2.05) is 0 Å². The Morgan fingerprint density at radius 2 is 1.72 bits per heavy atom. The highest BCUT2D eigenvalue weighted by Crippen LogP contribution is 2.34. The van der Waals surface area contributed by atoms with Gasteiger partial charge in [0.05, 0.1) is 29.8 Å². The minimum Gasteiger partial charge on any atom is -0.478 e. The van der Waals surface area contributed by atoms with Gasteiger partial charge in [-0.25, -0.2) is 13.6 Å². The molecule has 0 unspecified atom stereocenters. The van der Waals surface area contributed by atoms with Crippen molar-refractivity contribution in [2.75, 3.05) is 6.54 Å². The van der Waals surface area contributed by atoms with E-state index in [9.17, 15) is 31.5 Å². The van der Waals surface area contributed by atoms with Gasteiger partial charge in [0.2, 0.25) is 5.91 Å². The lowest BCUT2D eigenvalue weighted by Crippen LogP contribution is -2.43. The molecule has 10 heteroatoms. The van der Waals surface area contributed by atoms with Crippen molar-refractivity contribution in [2.45, 2.75) is 44.1 Å². The lowest BCUT2D eigenvalue weighted by molar-refractivity contribution is -0.137. The highest BCUT2D eigenvalue weighted by molar-refractivity contribution is 5.87. The molecule has 3 rings (SSSR count). The van der Waals surface area contributed by atoms with Crippen LogP contribution >= 0.6 is 0 Å². The highest BCUT2D eigenvalue weighted by atomic mass is 19.4. The van der Waals surface area contributed by atoms with Gasteiger partial charge in [0.15, 0.2) is 0 Å². The van der Waals surface area contributed by atoms with Crippen LogP contribution in [0.4, 0.5) is 22.0 Å². The second-order valence-corrected chi connectivity index (χ2v) is 7.83. The minimum absolute atomic E-state index is 0.0745. The van der Waals surface area contributed by atoms with Crippen LogP contribution in [0, 0.1) is 0 Å². The first-order valence-electron chi connectivity index (χ1n) is 9.77. The number of amides is 1. The summed E-state index contributed by atoms with van der Waals surface area (Å²) in [6.45, 7) is 0.849. The summed E-state index contributed by atoms with van der Waals surface area (Å²) in [7, 11) is 0. The van der Waals surface area contributed by atoms with E-state index >= 15 is 0 Å². The number of alkyl halides is 5. The lowest BCUT2D eigenvalue weighted by Gasteiger charge is -2.25. The molecule has 2 atom stereocenters. The summed E-state index contributed by atoms with van der Waals surface area (Å²) in [6.07, 6.45) is -5.20. The van der Waals surface area contributed by atoms with Gasteiger partial charge in [-0.3, -0.25) is 9.69 Å². The van der Waals surface area contributed by atoms with Crippen molar-refractivity contribution in [1.29, 1.82) is 0 Å². The second kappa shape index (κ2) is 8.85. The predicted molar refractivity (Wildman–Crippen MR) is 105 cm³/mol. The van der Waals surface area contributed by atoms with Crippen LogP contribution < -0.4 is 5.32 Å². The number of hydrogen-bond acceptors (Lipinski definition) is 3. The Balaban J connectivity index is 1.70. The Labute approximate surface area is 180 Å². The van der Waals surface area contributed by atoms with Gasteiger partial charge in [-0.05, 0) is 42.3 Å². The van der Waals surface area contributed by atoms with E-state index in [1.165, 1.54) is 41.3 Å². The fourth-order valence-corrected chi connectivity index (χ4v) is 3.65. The summed E-state index contributed by atoms with van der Waals surface area (Å²) in [5.74, 6) is -4.84. The second-order valence-electron chi connectivity index (χ2n) is 7.83. The van der Waals surface area contributed by atoms with Crippen molar-refractivity contribution in [3.05, 3.63) is 70.8 Å². The van der Waals surface area contributed by atoms with Crippen LogP contribution in [0.1, 0.15) is 46.4 Å². The molecule has 1 aliphatic heterocycles. The standard InChI is InChI=1S/C22H21F5N2O3/c1-13(15-4-6-16(7-5-15)20(31)32)28-19(30)18-10-21(23,24)12-29(18)11-14-2-8-17(9-3-14)22(25,26)27/h2-9,13,18H,10-12H2,1H3,(H,28,30)(H,31,32)/t13-,18+/m0/s1. The SMILES string of the molecule is C[C@H](NC(=O)[C@H]1CC(F)(F)CN1Cc1ccc(C(F)(F)F)cc1)c1ccc(C(=O)O)cc1. The molecule has 1 amide bonds. The van der Waals surface area contributed by atoms with E-state index in [4.69, 9.17) is 5.11 Å². The summed E-state index contributed by atoms with van der Waals surface area (Å²) in [5, 5.41) is 11.6. The first-order valence-corrected chi connectivity index (χ1v) is 9.77. The van der Waals surface area contributed by atoms with Gasteiger partial charge in [0.25, 0.3) is 5.92 Å². The normalized spacial score (nSPS) is 19.5. The van der Waals surface area contributed by atoms with E-state index in [0.29, 0.717) is 11.1 Å². The molecule has 0 saturated carbocycles. The zero-order chi connectivity index (χ0) is 23.7. The highest BCUT2D eigenvalue weighted by Gasteiger charge is 2.48. The van der Waals surface area contributed by atoms with E-state index in [1.54, 1.807) is 6.92 Å². The molecular formula is C22H21F5N2O3. The number of carbonyl (C=O) groups excluding carboxylic acids is 1. The van der Waals surface area contributed by atoms with E-state index in [0.717, 1.165) is 12.1 Å². The number of nitrogens with zero attached hydrogens (tertiary/aromatic N) is 1. The van der Waals surface area contributed by atoms with Crippen LogP contribution in [-0.4, -0.2) is 40.4 Å². The fraction of sp³-hybridized carbons (Fsp3) is 0.364. The monoisotopic (exact) mass is 456 g/mol. The number of aromatic carboxylic acids is 1. The van der Waals surface area contributed by atoms with Gasteiger partial charge in [-0.15, -0.1) is 0 Å². The molecular weight excluding hydrogens is 435 g/mol. The summed E-state index contributed by atoms with van der Waals surface area (Å²) < 4.78 is 66.3. The van der Waals surface area contributed by atoms with Crippen molar-refractivity contribution in [2.24, 2.45) is 0 Å². The third kappa shape index (κ3) is 5.61. The number of carbonyl (C=O) groups is 2. The van der Waals surface area contributed by atoms with E-state index in [2.05, 4.69) is 5.32 Å². The summed E-state index contributed by atoms with van der Waals surface area (Å²) in [4.78, 5) is 24.9. The van der Waals surface area contributed by atoms with Crippen LogP contribution in [0.3, 0.4) is 0 Å². The van der Waals surface area contributed by atoms with Crippen LogP contribution in [0.5, 0.6) is 0 Å². The van der Waals surface area contributed by atoms with Gasteiger partial charge >= 0.3 is 12.1 Å². The molecule has 2 aromatic carbocycles. The average molecular weight is 456 g/mol. The number of nitrogens with one attached hydrogen (secondary N) is 1. The number of rotatable bonds is 6. The average Bonchev–Trinajstić information content (AvgIpc) is 3.02. The largest absolute Gasteiger partial charge is 0.478 e. The predicted octanol–water partition coefficient (Wildman–Crippen LogP) is 4.49. The molecule has 172 valence electrons. The maximum absolute atomic E-state index is 14.1. The summed E-state index contributed by atoms with van der Waals surface area (Å²) in [5.41, 5.74) is 0.212. The first-order chi connectivity index (χ1) is 14.9. The Kier molecular flexibility index (Phi) is 6.54. The molecule has 32 heavy (non-hydrogen) atoms. The number of benzene rings is 2. The summed E-state index contributed by atoms with van der Waals surface area (Å²) in [6, 6.07) is 8.25. The smallest absolute Gasteiger partial charge is 0.416 e. The molecule has 0 radical (unpaired) electrons. The number of likely N-dealkylation sites (tertiary alicyclic amines) is 1. The number of carboxylic acids is 1. The summed E-state index contributed by atoms with van der Waals surface area (Å²) >= 11 is 0. The van der Waals surface area contributed by atoms with E-state index < -0.39 is 54.6 Å². The van der Waals surface area contributed by atoms with Gasteiger partial charge in [-0.1, -0.05) is 24.3 Å². The number of halogens is 5. The molecule has 0 bridgehead atoms. The van der Waals surface area contributed by atoms with Crippen molar-refractivity contribution in [3.8, 4) is 0 Å². The zero-order valence-electron chi connectivity index (χ0n) is 17.0. The zero-order valence-corrected chi connectivity index (χ0v) is 17.0. The van der Waals surface area contributed by atoms with Crippen molar-refractivity contribution >= 4 is 11.9 Å². The van der Waals surface area contributed by atoms with Crippen molar-refractivity contribution in [1.82, 2.24) is 10.2 Å². The lowest BCUT2D eigenvalue weighted by atomic mass is 10.0. The van der Waals surface area contributed by atoms with Crippen LogP contribution in [0.15, 0.2) is 48.5 Å². The van der Waals surface area contributed by atoms with Gasteiger partial charge in [0, 0.05) is 13.0 Å². The number of carboxylic acid groups (broad SMARTS) is 1. The molecule has 2 aromatic rings. The topological polar surface area (TPSA) is 69.6 Å². The molecule has 0 aromatic heterocycles. The molecule has 0 spiro atoms. The van der Waals surface area contributed by atoms with Crippen LogP contribution in [0.25, 0.3) is 0 Å². The van der Waals surface area contributed by atoms with Gasteiger partial charge in [-0.2, -0.15) is 13.2 Å². The molecule has 5 nitrogen and oxygen atoms in total. The maximum Gasteiger partial charge on any atom is 0.416 e. The third-order valence-electron chi connectivity index (χ3n) is 5.35. The Morgan fingerprint density at radius 3 is 2.25 bits per heavy atom. The maximum atomic E-state index is 14.1. The fourth-order valence-electron chi connectivity index (χ4n) is 3.65. The minimum atomic E-state index is -4.50. The van der Waals surface area contributed by atoms with Crippen LogP contribution in [-0.2, 0) is 17.5 Å².